The first-order valence-electron chi connectivity index (χ1n) is 9.64. The first kappa shape index (κ1) is 19.6. The molecule has 2 aromatic carbocycles. The monoisotopic (exact) mass is 404 g/mol. The fourth-order valence-corrected chi connectivity index (χ4v) is 3.40. The van der Waals surface area contributed by atoms with Gasteiger partial charge in [-0.05, 0) is 63.2 Å². The number of halogens is 1. The first-order valence-corrected chi connectivity index (χ1v) is 9.64. The Hall–Kier alpha value is -3.74. The molecule has 0 bridgehead atoms. The maximum atomic E-state index is 13.3. The number of fused-ring (bicyclic) bond motifs is 1. The summed E-state index contributed by atoms with van der Waals surface area (Å²) in [6.07, 6.45) is 0. The number of carbonyl (C=O) groups excluding carboxylic acids is 1. The van der Waals surface area contributed by atoms with E-state index in [4.69, 9.17) is 4.74 Å². The van der Waals surface area contributed by atoms with Crippen LogP contribution in [0.2, 0.25) is 0 Å². The highest BCUT2D eigenvalue weighted by atomic mass is 19.1. The van der Waals surface area contributed by atoms with E-state index in [-0.39, 0.29) is 11.7 Å². The second kappa shape index (κ2) is 7.94. The van der Waals surface area contributed by atoms with E-state index in [1.165, 1.54) is 12.1 Å². The highest BCUT2D eigenvalue weighted by Gasteiger charge is 2.20. The summed E-state index contributed by atoms with van der Waals surface area (Å²) in [6.45, 7) is 6.03. The van der Waals surface area contributed by atoms with E-state index in [0.29, 0.717) is 51.7 Å². The van der Waals surface area contributed by atoms with Crippen molar-refractivity contribution in [3.63, 3.8) is 0 Å². The summed E-state index contributed by atoms with van der Waals surface area (Å²) < 4.78 is 20.6. The first-order chi connectivity index (χ1) is 14.5. The minimum absolute atomic E-state index is 0.278. The SMILES string of the molecule is CCOc1ccccc1NC(=O)c1cc(C)nc2c1c(C)nn2-c1ccc(F)cc1. The van der Waals surface area contributed by atoms with Crippen LogP contribution in [0.15, 0.2) is 54.6 Å². The van der Waals surface area contributed by atoms with E-state index >= 15 is 0 Å². The molecule has 6 nitrogen and oxygen atoms in total. The van der Waals surface area contributed by atoms with Gasteiger partial charge < -0.3 is 10.1 Å². The van der Waals surface area contributed by atoms with Crippen LogP contribution in [-0.2, 0) is 0 Å². The van der Waals surface area contributed by atoms with Gasteiger partial charge in [-0.2, -0.15) is 5.10 Å². The van der Waals surface area contributed by atoms with E-state index in [9.17, 15) is 9.18 Å². The Labute approximate surface area is 173 Å². The molecule has 0 aliphatic heterocycles. The predicted octanol–water partition coefficient (Wildman–Crippen LogP) is 4.83. The van der Waals surface area contributed by atoms with Gasteiger partial charge in [0.15, 0.2) is 5.65 Å². The maximum Gasteiger partial charge on any atom is 0.256 e. The second-order valence-corrected chi connectivity index (χ2v) is 6.87. The molecule has 0 aliphatic rings. The zero-order chi connectivity index (χ0) is 21.3. The van der Waals surface area contributed by atoms with E-state index in [1.807, 2.05) is 39.0 Å². The molecule has 0 saturated carbocycles. The quantitative estimate of drug-likeness (QED) is 0.517. The molecular formula is C23H21FN4O2. The Morgan fingerprint density at radius 2 is 1.87 bits per heavy atom. The number of nitrogens with one attached hydrogen (secondary N) is 1. The number of pyridine rings is 1. The summed E-state index contributed by atoms with van der Waals surface area (Å²) in [7, 11) is 0. The van der Waals surface area contributed by atoms with Crippen molar-refractivity contribution in [2.75, 3.05) is 11.9 Å². The molecule has 0 atom stereocenters. The number of ether oxygens (including phenoxy) is 1. The van der Waals surface area contributed by atoms with Crippen molar-refractivity contribution in [2.24, 2.45) is 0 Å². The Balaban J connectivity index is 1.80. The second-order valence-electron chi connectivity index (χ2n) is 6.87. The standard InChI is InChI=1S/C23H21FN4O2/c1-4-30-20-8-6-5-7-19(20)26-23(29)18-13-14(2)25-22-21(18)15(3)27-28(22)17-11-9-16(24)10-12-17/h5-13H,4H2,1-3H3,(H,26,29). The topological polar surface area (TPSA) is 69.0 Å². The number of aromatic nitrogens is 3. The van der Waals surface area contributed by atoms with Crippen molar-refractivity contribution in [3.05, 3.63) is 77.4 Å². The Kier molecular flexibility index (Phi) is 5.18. The summed E-state index contributed by atoms with van der Waals surface area (Å²) in [4.78, 5) is 17.8. The van der Waals surface area contributed by atoms with Gasteiger partial charge in [-0.1, -0.05) is 12.1 Å². The van der Waals surface area contributed by atoms with Crippen LogP contribution in [0.1, 0.15) is 28.7 Å². The molecule has 0 unspecified atom stereocenters. The number of aryl methyl sites for hydroxylation is 2. The average Bonchev–Trinajstić information content (AvgIpc) is 3.06. The van der Waals surface area contributed by atoms with E-state index in [2.05, 4.69) is 15.4 Å². The van der Waals surface area contributed by atoms with Crippen molar-refractivity contribution in [1.82, 2.24) is 14.8 Å². The molecule has 4 aromatic rings. The molecule has 1 amide bonds. The molecule has 4 rings (SSSR count). The third-order valence-electron chi connectivity index (χ3n) is 4.69. The zero-order valence-corrected chi connectivity index (χ0v) is 16.9. The van der Waals surface area contributed by atoms with Crippen molar-refractivity contribution in [2.45, 2.75) is 20.8 Å². The number of anilines is 1. The molecule has 7 heteroatoms. The summed E-state index contributed by atoms with van der Waals surface area (Å²) in [5, 5.41) is 8.14. The predicted molar refractivity (Wildman–Crippen MR) is 114 cm³/mol. The summed E-state index contributed by atoms with van der Waals surface area (Å²) in [5.74, 6) is -0.00221. The number of rotatable bonds is 5. The molecular weight excluding hydrogens is 383 g/mol. The summed E-state index contributed by atoms with van der Waals surface area (Å²) >= 11 is 0. The number of hydrogen-bond acceptors (Lipinski definition) is 4. The number of benzene rings is 2. The molecule has 0 saturated heterocycles. The molecule has 30 heavy (non-hydrogen) atoms. The van der Waals surface area contributed by atoms with Crippen LogP contribution in [0.25, 0.3) is 16.7 Å². The third-order valence-corrected chi connectivity index (χ3v) is 4.69. The lowest BCUT2D eigenvalue weighted by Crippen LogP contribution is -2.14. The Morgan fingerprint density at radius 3 is 2.60 bits per heavy atom. The fourth-order valence-electron chi connectivity index (χ4n) is 3.40. The van der Waals surface area contributed by atoms with E-state index in [1.54, 1.807) is 28.9 Å². The van der Waals surface area contributed by atoms with Crippen molar-refractivity contribution in [1.29, 1.82) is 0 Å². The van der Waals surface area contributed by atoms with Gasteiger partial charge in [-0.25, -0.2) is 14.1 Å². The van der Waals surface area contributed by atoms with Gasteiger partial charge in [0.1, 0.15) is 11.6 Å². The van der Waals surface area contributed by atoms with Gasteiger partial charge in [0.2, 0.25) is 0 Å². The van der Waals surface area contributed by atoms with E-state index < -0.39 is 0 Å². The highest BCUT2D eigenvalue weighted by molar-refractivity contribution is 6.13. The number of amides is 1. The molecule has 0 radical (unpaired) electrons. The molecule has 2 aromatic heterocycles. The average molecular weight is 404 g/mol. The molecule has 0 fully saturated rings. The minimum atomic E-state index is -0.330. The number of para-hydroxylation sites is 2. The minimum Gasteiger partial charge on any atom is -0.492 e. The Bertz CT molecular complexity index is 1230. The Morgan fingerprint density at radius 1 is 1.13 bits per heavy atom. The molecule has 2 heterocycles. The van der Waals surface area contributed by atoms with Crippen LogP contribution in [0.3, 0.4) is 0 Å². The largest absolute Gasteiger partial charge is 0.492 e. The normalized spacial score (nSPS) is 10.9. The van der Waals surface area contributed by atoms with Crippen molar-refractivity contribution < 1.29 is 13.9 Å². The zero-order valence-electron chi connectivity index (χ0n) is 16.9. The van der Waals surface area contributed by atoms with Crippen LogP contribution >= 0.6 is 0 Å². The van der Waals surface area contributed by atoms with Gasteiger partial charge in [0, 0.05) is 5.69 Å². The third kappa shape index (κ3) is 3.61. The fraction of sp³-hybridized carbons (Fsp3) is 0.174. The molecule has 0 spiro atoms. The van der Waals surface area contributed by atoms with Gasteiger partial charge in [0.25, 0.3) is 5.91 Å². The van der Waals surface area contributed by atoms with Crippen molar-refractivity contribution in [3.8, 4) is 11.4 Å². The molecule has 0 aliphatic carbocycles. The van der Waals surface area contributed by atoms with Crippen LogP contribution in [0, 0.1) is 19.7 Å². The summed E-state index contributed by atoms with van der Waals surface area (Å²) in [5.41, 5.74) is 3.60. The van der Waals surface area contributed by atoms with Gasteiger partial charge in [0.05, 0.1) is 34.6 Å². The van der Waals surface area contributed by atoms with Gasteiger partial charge in [-0.15, -0.1) is 0 Å². The molecule has 1 N–H and O–H groups in total. The van der Waals surface area contributed by atoms with Gasteiger partial charge in [-0.3, -0.25) is 4.79 Å². The highest BCUT2D eigenvalue weighted by Crippen LogP contribution is 2.28. The smallest absolute Gasteiger partial charge is 0.256 e. The number of hydrogen-bond donors (Lipinski definition) is 1. The molecule has 152 valence electrons. The lowest BCUT2D eigenvalue weighted by atomic mass is 10.1. The summed E-state index contributed by atoms with van der Waals surface area (Å²) in [6, 6.07) is 15.0. The van der Waals surface area contributed by atoms with Crippen LogP contribution in [0.4, 0.5) is 10.1 Å². The van der Waals surface area contributed by atoms with Crippen LogP contribution in [0.5, 0.6) is 5.75 Å². The lowest BCUT2D eigenvalue weighted by molar-refractivity contribution is 0.102. The maximum absolute atomic E-state index is 13.3. The number of carbonyl (C=O) groups is 1. The van der Waals surface area contributed by atoms with Gasteiger partial charge >= 0.3 is 0 Å². The van der Waals surface area contributed by atoms with Crippen LogP contribution in [-0.4, -0.2) is 27.3 Å². The lowest BCUT2D eigenvalue weighted by Gasteiger charge is -2.12. The van der Waals surface area contributed by atoms with Crippen LogP contribution < -0.4 is 10.1 Å². The van der Waals surface area contributed by atoms with E-state index in [0.717, 1.165) is 0 Å². The van der Waals surface area contributed by atoms with Crippen molar-refractivity contribution >= 4 is 22.6 Å². The number of nitrogens with zero attached hydrogens (tertiary/aromatic N) is 3.